The summed E-state index contributed by atoms with van der Waals surface area (Å²) in [5, 5.41) is 12.2. The van der Waals surface area contributed by atoms with Gasteiger partial charge in [-0.05, 0) is 42.5 Å². The Balaban J connectivity index is 1.48. The fourth-order valence-corrected chi connectivity index (χ4v) is 5.48. The Bertz CT molecular complexity index is 1240. The van der Waals surface area contributed by atoms with Gasteiger partial charge in [-0.1, -0.05) is 73.5 Å². The van der Waals surface area contributed by atoms with Gasteiger partial charge in [0, 0.05) is 19.2 Å². The van der Waals surface area contributed by atoms with E-state index in [2.05, 4.69) is 0 Å². The molecule has 7 nitrogen and oxygen atoms in total. The van der Waals surface area contributed by atoms with Gasteiger partial charge in [0.1, 0.15) is 5.69 Å². The van der Waals surface area contributed by atoms with E-state index in [1.54, 1.807) is 12.1 Å². The van der Waals surface area contributed by atoms with Crippen molar-refractivity contribution in [2.45, 2.75) is 38.6 Å². The van der Waals surface area contributed by atoms with Gasteiger partial charge in [-0.2, -0.15) is 0 Å². The second-order valence-corrected chi connectivity index (χ2v) is 9.58. The van der Waals surface area contributed by atoms with Crippen LogP contribution < -0.4 is 9.80 Å². The highest BCUT2D eigenvalue weighted by Gasteiger charge is 2.49. The minimum Gasteiger partial charge on any atom is -0.361 e. The summed E-state index contributed by atoms with van der Waals surface area (Å²) >= 11 is 0. The molecule has 184 valence electrons. The Labute approximate surface area is 210 Å². The number of rotatable bonds is 8. The first-order valence-electron chi connectivity index (χ1n) is 12.5. The lowest BCUT2D eigenvalue weighted by atomic mass is 9.81. The quantitative estimate of drug-likeness (QED) is 0.239. The zero-order valence-corrected chi connectivity index (χ0v) is 20.1. The summed E-state index contributed by atoms with van der Waals surface area (Å²) in [6, 6.07) is 24.6. The molecule has 0 unspecified atom stereocenters. The molecule has 1 aliphatic carbocycles. The highest BCUT2D eigenvalue weighted by molar-refractivity contribution is 6.22. The van der Waals surface area contributed by atoms with E-state index >= 15 is 0 Å². The monoisotopic (exact) mass is 483 g/mol. The van der Waals surface area contributed by atoms with Crippen molar-refractivity contribution in [3.8, 4) is 0 Å². The lowest BCUT2D eigenvalue weighted by molar-refractivity contribution is -0.384. The summed E-state index contributed by atoms with van der Waals surface area (Å²) in [6.07, 6.45) is 4.00. The molecule has 0 N–H and O–H groups in total. The number of benzene rings is 3. The van der Waals surface area contributed by atoms with Crippen molar-refractivity contribution < 1.29 is 14.5 Å². The van der Waals surface area contributed by atoms with Gasteiger partial charge in [-0.3, -0.25) is 19.7 Å². The average molecular weight is 484 g/mol. The fraction of sp³-hybridized carbons (Fsp3) is 0.310. The first kappa shape index (κ1) is 23.7. The largest absolute Gasteiger partial charge is 0.361 e. The Hall–Kier alpha value is -4.00. The van der Waals surface area contributed by atoms with Crippen molar-refractivity contribution in [2.24, 2.45) is 11.8 Å². The van der Waals surface area contributed by atoms with Gasteiger partial charge in [0.15, 0.2) is 0 Å². The van der Waals surface area contributed by atoms with Gasteiger partial charge in [-0.15, -0.1) is 0 Å². The SMILES string of the molecule is O=C1[C@@H]2CCCC[C@H]2C(=O)N1c1ccc(N(CCc2ccccc2)Cc2ccccc2)c([N+](=O)[O-])c1. The highest BCUT2D eigenvalue weighted by atomic mass is 16.6. The van der Waals surface area contributed by atoms with Crippen LogP contribution in [0.3, 0.4) is 0 Å². The van der Waals surface area contributed by atoms with Crippen LogP contribution in [0.25, 0.3) is 0 Å². The van der Waals surface area contributed by atoms with Gasteiger partial charge in [-0.25, -0.2) is 4.90 Å². The van der Waals surface area contributed by atoms with Gasteiger partial charge < -0.3 is 4.90 Å². The number of nitro benzene ring substituents is 1. The number of carbonyl (C=O) groups is 2. The van der Waals surface area contributed by atoms with Crippen LogP contribution in [-0.2, 0) is 22.6 Å². The van der Waals surface area contributed by atoms with Crippen LogP contribution >= 0.6 is 0 Å². The van der Waals surface area contributed by atoms with E-state index in [0.29, 0.717) is 31.6 Å². The smallest absolute Gasteiger partial charge is 0.294 e. The minimum absolute atomic E-state index is 0.105. The van der Waals surface area contributed by atoms with Gasteiger partial charge in [0.05, 0.1) is 22.4 Å². The first-order valence-corrected chi connectivity index (χ1v) is 12.5. The molecule has 7 heteroatoms. The highest BCUT2D eigenvalue weighted by Crippen LogP contribution is 2.42. The topological polar surface area (TPSA) is 83.8 Å². The predicted octanol–water partition coefficient (Wildman–Crippen LogP) is 5.52. The Morgan fingerprint density at radius 1 is 0.833 bits per heavy atom. The molecule has 0 aromatic heterocycles. The third-order valence-corrected chi connectivity index (χ3v) is 7.33. The number of amides is 2. The molecule has 2 aliphatic rings. The zero-order valence-electron chi connectivity index (χ0n) is 20.1. The van der Waals surface area contributed by atoms with Crippen LogP contribution in [0.5, 0.6) is 0 Å². The standard InChI is InChI=1S/C29H29N3O4/c33-28-24-13-7-8-14-25(24)29(34)31(28)23-15-16-26(27(19-23)32(35)36)30(20-22-11-5-2-6-12-22)18-17-21-9-3-1-4-10-21/h1-6,9-12,15-16,19,24-25H,7-8,13-14,17-18,20H2/t24-,25-/m1/s1. The molecular formula is C29H29N3O4. The normalized spacial score (nSPS) is 19.3. The summed E-state index contributed by atoms with van der Waals surface area (Å²) in [4.78, 5) is 41.1. The lowest BCUT2D eigenvalue weighted by Crippen LogP contribution is -2.31. The number of nitro groups is 1. The maximum absolute atomic E-state index is 13.1. The molecule has 36 heavy (non-hydrogen) atoms. The molecule has 2 atom stereocenters. The molecule has 0 spiro atoms. The summed E-state index contributed by atoms with van der Waals surface area (Å²) in [5.41, 5.74) is 2.84. The van der Waals surface area contributed by atoms with Crippen LogP contribution in [0.2, 0.25) is 0 Å². The number of carbonyl (C=O) groups excluding carboxylic acids is 2. The van der Waals surface area contributed by atoms with Crippen LogP contribution in [0, 0.1) is 22.0 Å². The van der Waals surface area contributed by atoms with E-state index in [9.17, 15) is 19.7 Å². The molecule has 3 aromatic rings. The molecule has 3 aromatic carbocycles. The molecule has 1 saturated heterocycles. The van der Waals surface area contributed by atoms with Crippen molar-refractivity contribution in [3.05, 3.63) is 100 Å². The maximum atomic E-state index is 13.1. The van der Waals surface area contributed by atoms with E-state index < -0.39 is 4.92 Å². The van der Waals surface area contributed by atoms with Crippen molar-refractivity contribution in [1.82, 2.24) is 0 Å². The van der Waals surface area contributed by atoms with E-state index in [0.717, 1.165) is 30.4 Å². The van der Waals surface area contributed by atoms with E-state index in [-0.39, 0.29) is 35.0 Å². The molecule has 1 aliphatic heterocycles. The average Bonchev–Trinajstić information content (AvgIpc) is 3.17. The van der Waals surface area contributed by atoms with Crippen molar-refractivity contribution in [2.75, 3.05) is 16.3 Å². The third-order valence-electron chi connectivity index (χ3n) is 7.33. The summed E-state index contributed by atoms with van der Waals surface area (Å²) in [6.45, 7) is 1.07. The van der Waals surface area contributed by atoms with Gasteiger partial charge in [0.25, 0.3) is 5.69 Å². The first-order chi connectivity index (χ1) is 17.5. The molecule has 0 radical (unpaired) electrons. The second-order valence-electron chi connectivity index (χ2n) is 9.58. The minimum atomic E-state index is -0.419. The molecule has 1 saturated carbocycles. The van der Waals surface area contributed by atoms with Crippen LogP contribution in [0.15, 0.2) is 78.9 Å². The number of nitrogens with zero attached hydrogens (tertiary/aromatic N) is 3. The Morgan fingerprint density at radius 2 is 1.42 bits per heavy atom. The zero-order chi connectivity index (χ0) is 25.1. The Kier molecular flexibility index (Phi) is 6.80. The molecular weight excluding hydrogens is 454 g/mol. The summed E-state index contributed by atoms with van der Waals surface area (Å²) < 4.78 is 0. The lowest BCUT2D eigenvalue weighted by Gasteiger charge is -2.26. The second kappa shape index (κ2) is 10.3. The molecule has 2 amide bonds. The number of imide groups is 1. The molecule has 2 fully saturated rings. The van der Waals surface area contributed by atoms with Crippen LogP contribution in [0.4, 0.5) is 17.1 Å². The number of hydrogen-bond acceptors (Lipinski definition) is 5. The molecule has 1 heterocycles. The van der Waals surface area contributed by atoms with Gasteiger partial charge in [0.2, 0.25) is 11.8 Å². The van der Waals surface area contributed by atoms with E-state index in [4.69, 9.17) is 0 Å². The number of anilines is 2. The number of hydrogen-bond donors (Lipinski definition) is 0. The Morgan fingerprint density at radius 3 is 2.00 bits per heavy atom. The van der Waals surface area contributed by atoms with Gasteiger partial charge >= 0.3 is 0 Å². The number of fused-ring (bicyclic) bond motifs is 1. The fourth-order valence-electron chi connectivity index (χ4n) is 5.48. The molecule has 5 rings (SSSR count). The van der Waals surface area contributed by atoms with Crippen molar-refractivity contribution >= 4 is 28.9 Å². The van der Waals surface area contributed by atoms with Crippen molar-refractivity contribution in [3.63, 3.8) is 0 Å². The van der Waals surface area contributed by atoms with E-state index in [1.807, 2.05) is 65.6 Å². The van der Waals surface area contributed by atoms with Crippen LogP contribution in [-0.4, -0.2) is 23.3 Å². The summed E-state index contributed by atoms with van der Waals surface area (Å²) in [7, 11) is 0. The third kappa shape index (κ3) is 4.73. The van der Waals surface area contributed by atoms with Crippen molar-refractivity contribution in [1.29, 1.82) is 0 Å². The molecule has 0 bridgehead atoms. The maximum Gasteiger partial charge on any atom is 0.294 e. The van der Waals surface area contributed by atoms with Crippen LogP contribution in [0.1, 0.15) is 36.8 Å². The van der Waals surface area contributed by atoms with E-state index in [1.165, 1.54) is 11.0 Å². The summed E-state index contributed by atoms with van der Waals surface area (Å²) in [5.74, 6) is -1.05. The predicted molar refractivity (Wildman–Crippen MR) is 139 cm³/mol.